The Kier molecular flexibility index (Phi) is 10.5. The number of aromatic nitrogens is 2. The van der Waals surface area contributed by atoms with Crippen LogP contribution in [-0.4, -0.2) is 77.8 Å². The van der Waals surface area contributed by atoms with Gasteiger partial charge in [0.05, 0.1) is 29.5 Å². The van der Waals surface area contributed by atoms with Gasteiger partial charge in [-0.15, -0.1) is 0 Å². The molecule has 16 heteroatoms. The van der Waals surface area contributed by atoms with Crippen molar-refractivity contribution >= 4 is 46.5 Å². The summed E-state index contributed by atoms with van der Waals surface area (Å²) in [7, 11) is 0. The first-order chi connectivity index (χ1) is 23.4. The van der Waals surface area contributed by atoms with Crippen molar-refractivity contribution in [3.63, 3.8) is 0 Å². The standard InChI is InChI=1S/C34H43F3N6O7/c1-32(2,3)49-30(45)40-22-14-21(34(35,36)37)17-43(18-22)24-7-10-38-16-23(24)41-28(44)26-27-25(48-29(26)42-31(46)50-33(4,5)6)13-20(15-39-27)19-8-11-47-12-9-19/h7,10,13,15-16,19,21-22H,8-9,11-12,14,17-18H2,1-6H3,(H,40,45)(H,41,44)(H,42,46)/t21-,22?/m1/s1. The van der Waals surface area contributed by atoms with Gasteiger partial charge in [0.15, 0.2) is 5.58 Å². The van der Waals surface area contributed by atoms with Crippen molar-refractivity contribution in [2.45, 2.75) is 90.1 Å². The molecule has 272 valence electrons. The second-order valence-corrected chi connectivity index (χ2v) is 14.5. The number of hydrogen-bond acceptors (Lipinski definition) is 10. The third-order valence-electron chi connectivity index (χ3n) is 8.11. The summed E-state index contributed by atoms with van der Waals surface area (Å²) in [5.74, 6) is -2.60. The van der Waals surface area contributed by atoms with E-state index in [9.17, 15) is 27.6 Å². The van der Waals surface area contributed by atoms with Gasteiger partial charge in [-0.25, -0.2) is 9.59 Å². The van der Waals surface area contributed by atoms with Crippen LogP contribution in [0.3, 0.4) is 0 Å². The van der Waals surface area contributed by atoms with E-state index >= 15 is 0 Å². The van der Waals surface area contributed by atoms with Crippen molar-refractivity contribution in [1.82, 2.24) is 15.3 Å². The predicted molar refractivity (Wildman–Crippen MR) is 178 cm³/mol. The zero-order chi connectivity index (χ0) is 36.4. The molecule has 5 heterocycles. The quantitative estimate of drug-likeness (QED) is 0.244. The van der Waals surface area contributed by atoms with Crippen LogP contribution in [0.15, 0.2) is 35.1 Å². The Bertz CT molecular complexity index is 1710. The molecule has 3 amide bonds. The minimum atomic E-state index is -4.56. The summed E-state index contributed by atoms with van der Waals surface area (Å²) >= 11 is 0. The van der Waals surface area contributed by atoms with E-state index in [1.807, 2.05) is 0 Å². The number of carbonyl (C=O) groups is 3. The first-order valence-electron chi connectivity index (χ1n) is 16.4. The molecule has 0 spiro atoms. The van der Waals surface area contributed by atoms with Crippen LogP contribution in [0.5, 0.6) is 0 Å². The molecular formula is C34H43F3N6O7. The van der Waals surface area contributed by atoms with Gasteiger partial charge >= 0.3 is 18.4 Å². The molecule has 0 bridgehead atoms. The lowest BCUT2D eigenvalue weighted by Crippen LogP contribution is -2.54. The fourth-order valence-electron chi connectivity index (χ4n) is 6.00. The zero-order valence-corrected chi connectivity index (χ0v) is 28.9. The average Bonchev–Trinajstić information content (AvgIpc) is 3.36. The van der Waals surface area contributed by atoms with Crippen LogP contribution in [0.2, 0.25) is 0 Å². The Hall–Kier alpha value is -4.60. The Balaban J connectivity index is 1.46. The van der Waals surface area contributed by atoms with Gasteiger partial charge in [-0.1, -0.05) is 0 Å². The summed E-state index contributed by atoms with van der Waals surface area (Å²) in [6.07, 6.45) is -0.696. The van der Waals surface area contributed by atoms with E-state index in [1.165, 1.54) is 23.4 Å². The van der Waals surface area contributed by atoms with Gasteiger partial charge in [0.25, 0.3) is 5.91 Å². The highest BCUT2D eigenvalue weighted by molar-refractivity contribution is 6.16. The maximum absolute atomic E-state index is 14.1. The van der Waals surface area contributed by atoms with Crippen LogP contribution in [0, 0.1) is 5.92 Å². The fourth-order valence-corrected chi connectivity index (χ4v) is 6.00. The maximum Gasteiger partial charge on any atom is 0.414 e. The number of fused-ring (bicyclic) bond motifs is 1. The second-order valence-electron chi connectivity index (χ2n) is 14.5. The van der Waals surface area contributed by atoms with Gasteiger partial charge in [0.2, 0.25) is 5.88 Å². The molecule has 2 fully saturated rings. The van der Waals surface area contributed by atoms with Crippen molar-refractivity contribution in [3.8, 4) is 0 Å². The maximum atomic E-state index is 14.1. The summed E-state index contributed by atoms with van der Waals surface area (Å²) < 4.78 is 64.5. The van der Waals surface area contributed by atoms with Crippen molar-refractivity contribution in [2.75, 3.05) is 41.8 Å². The molecule has 0 aromatic carbocycles. The molecule has 2 saturated heterocycles. The van der Waals surface area contributed by atoms with Crippen LogP contribution >= 0.6 is 0 Å². The summed E-state index contributed by atoms with van der Waals surface area (Å²) in [5, 5.41) is 7.81. The molecule has 3 N–H and O–H groups in total. The molecule has 2 aliphatic heterocycles. The summed E-state index contributed by atoms with van der Waals surface area (Å²) in [4.78, 5) is 49.4. The van der Waals surface area contributed by atoms with E-state index in [2.05, 4.69) is 25.9 Å². The van der Waals surface area contributed by atoms with E-state index in [-0.39, 0.29) is 52.8 Å². The van der Waals surface area contributed by atoms with Gasteiger partial charge in [-0.2, -0.15) is 13.2 Å². The zero-order valence-electron chi connectivity index (χ0n) is 28.9. The van der Waals surface area contributed by atoms with Crippen molar-refractivity contribution < 1.29 is 46.2 Å². The second kappa shape index (κ2) is 14.3. The van der Waals surface area contributed by atoms with Gasteiger partial charge < -0.3 is 34.2 Å². The number of piperidine rings is 1. The van der Waals surface area contributed by atoms with E-state index < -0.39 is 54.0 Å². The molecule has 2 atom stereocenters. The minimum absolute atomic E-state index is 0.00463. The molecule has 2 aliphatic rings. The number of alkyl carbamates (subject to hydrolysis) is 1. The van der Waals surface area contributed by atoms with Crippen LogP contribution in [0.25, 0.3) is 11.1 Å². The van der Waals surface area contributed by atoms with Crippen LogP contribution < -0.4 is 20.9 Å². The van der Waals surface area contributed by atoms with Crippen molar-refractivity contribution in [2.24, 2.45) is 5.92 Å². The number of hydrogen-bond donors (Lipinski definition) is 3. The number of amides is 3. The topological polar surface area (TPSA) is 157 Å². The number of carbonyl (C=O) groups excluding carboxylic acids is 3. The molecule has 13 nitrogen and oxygen atoms in total. The number of alkyl halides is 3. The Morgan fingerprint density at radius 2 is 1.62 bits per heavy atom. The molecule has 3 aromatic heterocycles. The number of furan rings is 1. The summed E-state index contributed by atoms with van der Waals surface area (Å²) in [5.41, 5.74) is -0.191. The van der Waals surface area contributed by atoms with Crippen LogP contribution in [0.1, 0.15) is 82.6 Å². The van der Waals surface area contributed by atoms with Crippen molar-refractivity contribution in [1.29, 1.82) is 0 Å². The van der Waals surface area contributed by atoms with E-state index in [4.69, 9.17) is 18.6 Å². The van der Waals surface area contributed by atoms with Gasteiger partial charge in [-0.05, 0) is 84.4 Å². The van der Waals surface area contributed by atoms with Gasteiger partial charge in [0, 0.05) is 38.7 Å². The number of halogens is 3. The summed E-state index contributed by atoms with van der Waals surface area (Å²) in [6, 6.07) is 2.33. The first-order valence-corrected chi connectivity index (χ1v) is 16.4. The predicted octanol–water partition coefficient (Wildman–Crippen LogP) is 7.00. The lowest BCUT2D eigenvalue weighted by molar-refractivity contribution is -0.177. The summed E-state index contributed by atoms with van der Waals surface area (Å²) in [6.45, 7) is 10.8. The average molecular weight is 705 g/mol. The highest BCUT2D eigenvalue weighted by Crippen LogP contribution is 2.38. The fraction of sp³-hybridized carbons (Fsp3) is 0.559. The highest BCUT2D eigenvalue weighted by Gasteiger charge is 2.45. The normalized spacial score (nSPS) is 19.2. The van der Waals surface area contributed by atoms with Gasteiger partial charge in [-0.3, -0.25) is 20.1 Å². The highest BCUT2D eigenvalue weighted by atomic mass is 19.4. The van der Waals surface area contributed by atoms with Crippen molar-refractivity contribution in [3.05, 3.63) is 41.9 Å². The minimum Gasteiger partial charge on any atom is -0.444 e. The van der Waals surface area contributed by atoms with Crippen LogP contribution in [0.4, 0.5) is 40.0 Å². The number of nitrogens with one attached hydrogen (secondary N) is 3. The number of ether oxygens (including phenoxy) is 3. The van der Waals surface area contributed by atoms with Crippen LogP contribution in [-0.2, 0) is 14.2 Å². The van der Waals surface area contributed by atoms with E-state index in [0.29, 0.717) is 13.2 Å². The smallest absolute Gasteiger partial charge is 0.414 e. The number of rotatable bonds is 6. The molecule has 1 unspecified atom stereocenters. The lowest BCUT2D eigenvalue weighted by atomic mass is 9.93. The molecule has 0 saturated carbocycles. The molecular weight excluding hydrogens is 661 g/mol. The number of anilines is 3. The molecule has 3 aromatic rings. The van der Waals surface area contributed by atoms with E-state index in [1.54, 1.807) is 53.8 Å². The molecule has 0 aliphatic carbocycles. The number of nitrogens with zero attached hydrogens (tertiary/aromatic N) is 3. The van der Waals surface area contributed by atoms with Gasteiger partial charge in [0.1, 0.15) is 22.3 Å². The monoisotopic (exact) mass is 704 g/mol. The largest absolute Gasteiger partial charge is 0.444 e. The van der Waals surface area contributed by atoms with E-state index in [0.717, 1.165) is 18.4 Å². The Morgan fingerprint density at radius 1 is 0.940 bits per heavy atom. The molecule has 0 radical (unpaired) electrons. The molecule has 50 heavy (non-hydrogen) atoms. The molecule has 5 rings (SSSR count). The third-order valence-corrected chi connectivity index (χ3v) is 8.11. The first kappa shape index (κ1) is 36.7. The number of pyridine rings is 2. The Morgan fingerprint density at radius 3 is 2.28 bits per heavy atom. The lowest BCUT2D eigenvalue weighted by Gasteiger charge is -2.40. The SMILES string of the molecule is CC(C)(C)OC(=O)Nc1oc2cc(C3CCOCC3)cnc2c1C(=O)Nc1cnccc1N1CC(NC(=O)OC(C)(C)C)C[C@@H](C(F)(F)F)C1. The third kappa shape index (κ3) is 9.34. The Labute approximate surface area is 287 Å².